The van der Waals surface area contributed by atoms with E-state index in [1.807, 2.05) is 5.32 Å². The monoisotopic (exact) mass is 424 g/mol. The summed E-state index contributed by atoms with van der Waals surface area (Å²) in [5, 5.41) is 20.0. The summed E-state index contributed by atoms with van der Waals surface area (Å²) in [5.74, 6) is -7.41. The molecule has 1 saturated heterocycles. The third-order valence-corrected chi connectivity index (χ3v) is 4.69. The molecule has 0 saturated carbocycles. The van der Waals surface area contributed by atoms with Gasteiger partial charge in [0.05, 0.1) is 10.6 Å². The molecule has 0 bridgehead atoms. The van der Waals surface area contributed by atoms with Crippen molar-refractivity contribution >= 4 is 40.6 Å². The van der Waals surface area contributed by atoms with Gasteiger partial charge in [0, 0.05) is 0 Å². The number of halogens is 3. The molecule has 0 unspecified atom stereocenters. The smallest absolute Gasteiger partial charge is 0.294 e. The third-order valence-electron chi connectivity index (χ3n) is 3.78. The number of phenolic OH excluding ortho intramolecular Hbond substituents is 2. The van der Waals surface area contributed by atoms with Crippen LogP contribution < -0.4 is 5.32 Å². The van der Waals surface area contributed by atoms with Gasteiger partial charge in [-0.25, -0.2) is 13.2 Å². The van der Waals surface area contributed by atoms with Crippen LogP contribution in [0.5, 0.6) is 11.5 Å². The number of imide groups is 1. The highest BCUT2D eigenvalue weighted by Gasteiger charge is 2.36. The Bertz CT molecular complexity index is 1070. The number of nitrogens with zero attached hydrogens (tertiary/aromatic N) is 1. The van der Waals surface area contributed by atoms with Crippen LogP contribution in [0.15, 0.2) is 35.2 Å². The predicted molar refractivity (Wildman–Crippen MR) is 97.4 cm³/mol. The molecular weight excluding hydrogens is 413 g/mol. The van der Waals surface area contributed by atoms with E-state index in [0.29, 0.717) is 28.3 Å². The predicted octanol–water partition coefficient (Wildman–Crippen LogP) is 3.19. The molecule has 0 spiro atoms. The number of nitrogens with one attached hydrogen (secondary N) is 1. The van der Waals surface area contributed by atoms with Gasteiger partial charge in [-0.3, -0.25) is 19.3 Å². The molecule has 150 valence electrons. The van der Waals surface area contributed by atoms with Gasteiger partial charge in [0.25, 0.3) is 11.1 Å². The molecule has 0 aromatic heterocycles. The average molecular weight is 424 g/mol. The molecule has 1 aliphatic rings. The van der Waals surface area contributed by atoms with Crippen molar-refractivity contribution in [3.8, 4) is 11.5 Å². The number of hydrogen-bond donors (Lipinski definition) is 3. The zero-order valence-corrected chi connectivity index (χ0v) is 15.1. The lowest BCUT2D eigenvalue weighted by molar-refractivity contribution is -0.127. The van der Waals surface area contributed by atoms with Crippen LogP contribution in [-0.2, 0) is 9.59 Å². The van der Waals surface area contributed by atoms with E-state index in [0.717, 1.165) is 6.07 Å². The maximum atomic E-state index is 13.6. The summed E-state index contributed by atoms with van der Waals surface area (Å²) in [7, 11) is 0. The van der Waals surface area contributed by atoms with E-state index < -0.39 is 52.5 Å². The second kappa shape index (κ2) is 7.87. The maximum absolute atomic E-state index is 13.6. The SMILES string of the molecule is O=C(CN1C(=O)S/C(=C/c2ccc(O)c(O)c2)C1=O)Nc1ccc(F)c(F)c1F. The zero-order valence-electron chi connectivity index (χ0n) is 14.3. The Hall–Kier alpha value is -3.47. The van der Waals surface area contributed by atoms with E-state index in [-0.39, 0.29) is 10.7 Å². The average Bonchev–Trinajstić information content (AvgIpc) is 2.92. The van der Waals surface area contributed by atoms with Gasteiger partial charge in [0.2, 0.25) is 5.91 Å². The van der Waals surface area contributed by atoms with Gasteiger partial charge in [0.1, 0.15) is 6.54 Å². The number of carbonyl (C=O) groups excluding carboxylic acids is 3. The van der Waals surface area contributed by atoms with Crippen molar-refractivity contribution in [1.82, 2.24) is 4.90 Å². The summed E-state index contributed by atoms with van der Waals surface area (Å²) >= 11 is 0.533. The first-order chi connectivity index (χ1) is 13.7. The number of rotatable bonds is 4. The van der Waals surface area contributed by atoms with Crippen LogP contribution >= 0.6 is 11.8 Å². The molecule has 1 heterocycles. The minimum Gasteiger partial charge on any atom is -0.504 e. The normalized spacial score (nSPS) is 15.3. The van der Waals surface area contributed by atoms with Crippen molar-refractivity contribution in [3.63, 3.8) is 0 Å². The van der Waals surface area contributed by atoms with Crippen LogP contribution in [0.3, 0.4) is 0 Å². The quantitative estimate of drug-likeness (QED) is 0.395. The largest absolute Gasteiger partial charge is 0.504 e. The molecular formula is C18H11F3N2O5S. The fourth-order valence-electron chi connectivity index (χ4n) is 2.37. The molecule has 11 heteroatoms. The Kier molecular flexibility index (Phi) is 5.50. The first-order valence-corrected chi connectivity index (χ1v) is 8.69. The Balaban J connectivity index is 1.73. The first kappa shape index (κ1) is 20.3. The summed E-state index contributed by atoms with van der Waals surface area (Å²) in [6, 6.07) is 5.17. The molecule has 2 aromatic carbocycles. The third kappa shape index (κ3) is 4.19. The molecule has 7 nitrogen and oxygen atoms in total. The fraction of sp³-hybridized carbons (Fsp3) is 0.0556. The van der Waals surface area contributed by atoms with Gasteiger partial charge in [-0.15, -0.1) is 0 Å². The molecule has 3 N–H and O–H groups in total. The second-order valence-corrected chi connectivity index (χ2v) is 6.78. The van der Waals surface area contributed by atoms with E-state index in [2.05, 4.69) is 0 Å². The minimum absolute atomic E-state index is 0.0492. The van der Waals surface area contributed by atoms with Gasteiger partial charge in [0.15, 0.2) is 29.0 Å². The second-order valence-electron chi connectivity index (χ2n) is 5.79. The molecule has 0 aliphatic carbocycles. The molecule has 1 aliphatic heterocycles. The number of anilines is 1. The van der Waals surface area contributed by atoms with Crippen LogP contribution in [-0.4, -0.2) is 38.7 Å². The van der Waals surface area contributed by atoms with Crippen LogP contribution in [0.2, 0.25) is 0 Å². The number of carbonyl (C=O) groups is 3. The minimum atomic E-state index is -1.77. The molecule has 3 rings (SSSR count). The Morgan fingerprint density at radius 3 is 2.48 bits per heavy atom. The number of thioether (sulfide) groups is 1. The van der Waals surface area contributed by atoms with E-state index >= 15 is 0 Å². The standard InChI is InChI=1S/C18H11F3N2O5S/c19-9-2-3-10(16(21)15(9)20)22-14(26)7-23-17(27)13(29-18(23)28)6-8-1-4-11(24)12(25)5-8/h1-6,24-25H,7H2,(H,22,26)/b13-6+. The Labute approximate surface area is 165 Å². The summed E-state index contributed by atoms with van der Waals surface area (Å²) in [5.41, 5.74) is -0.324. The number of phenols is 2. The summed E-state index contributed by atoms with van der Waals surface area (Å²) < 4.78 is 39.8. The summed E-state index contributed by atoms with van der Waals surface area (Å²) in [4.78, 5) is 37.0. The van der Waals surface area contributed by atoms with Crippen molar-refractivity contribution in [1.29, 1.82) is 0 Å². The first-order valence-electron chi connectivity index (χ1n) is 7.88. The molecule has 0 atom stereocenters. The molecule has 1 fully saturated rings. The van der Waals surface area contributed by atoms with Gasteiger partial charge >= 0.3 is 0 Å². The lowest BCUT2D eigenvalue weighted by atomic mass is 10.2. The van der Waals surface area contributed by atoms with Gasteiger partial charge in [-0.2, -0.15) is 0 Å². The van der Waals surface area contributed by atoms with Crippen molar-refractivity contribution in [3.05, 3.63) is 58.3 Å². The van der Waals surface area contributed by atoms with Gasteiger partial charge < -0.3 is 15.5 Å². The van der Waals surface area contributed by atoms with Crippen molar-refractivity contribution in [2.24, 2.45) is 0 Å². The lowest BCUT2D eigenvalue weighted by Crippen LogP contribution is -2.36. The van der Waals surface area contributed by atoms with E-state index in [1.54, 1.807) is 0 Å². The van der Waals surface area contributed by atoms with E-state index in [1.165, 1.54) is 24.3 Å². The number of hydrogen-bond acceptors (Lipinski definition) is 6. The highest BCUT2D eigenvalue weighted by atomic mass is 32.2. The topological polar surface area (TPSA) is 107 Å². The van der Waals surface area contributed by atoms with Crippen molar-refractivity contribution in [2.75, 3.05) is 11.9 Å². The van der Waals surface area contributed by atoms with Crippen LogP contribution in [0.25, 0.3) is 6.08 Å². The maximum Gasteiger partial charge on any atom is 0.294 e. The summed E-state index contributed by atoms with van der Waals surface area (Å²) in [6.07, 6.45) is 1.27. The molecule has 0 radical (unpaired) electrons. The Morgan fingerprint density at radius 2 is 1.79 bits per heavy atom. The van der Waals surface area contributed by atoms with Crippen molar-refractivity contribution < 1.29 is 37.8 Å². The molecule has 29 heavy (non-hydrogen) atoms. The summed E-state index contributed by atoms with van der Waals surface area (Å²) in [6.45, 7) is -0.777. The van der Waals surface area contributed by atoms with Gasteiger partial charge in [-0.05, 0) is 47.7 Å². The Morgan fingerprint density at radius 1 is 1.07 bits per heavy atom. The van der Waals surface area contributed by atoms with Crippen molar-refractivity contribution in [2.45, 2.75) is 0 Å². The van der Waals surface area contributed by atoms with E-state index in [9.17, 15) is 37.8 Å². The molecule has 3 amide bonds. The highest BCUT2D eigenvalue weighted by Crippen LogP contribution is 2.33. The van der Waals surface area contributed by atoms with Crippen LogP contribution in [0.4, 0.5) is 23.7 Å². The zero-order chi connectivity index (χ0) is 21.3. The highest BCUT2D eigenvalue weighted by molar-refractivity contribution is 8.18. The van der Waals surface area contributed by atoms with Crippen LogP contribution in [0.1, 0.15) is 5.56 Å². The van der Waals surface area contributed by atoms with E-state index in [4.69, 9.17) is 0 Å². The molecule has 2 aromatic rings. The van der Waals surface area contributed by atoms with Gasteiger partial charge in [-0.1, -0.05) is 6.07 Å². The number of benzene rings is 2. The number of amides is 3. The number of aromatic hydroxyl groups is 2. The fourth-order valence-corrected chi connectivity index (χ4v) is 3.21. The lowest BCUT2D eigenvalue weighted by Gasteiger charge is -2.13. The van der Waals surface area contributed by atoms with Crippen LogP contribution in [0, 0.1) is 17.5 Å².